The van der Waals surface area contributed by atoms with E-state index in [9.17, 15) is 4.79 Å². The Bertz CT molecular complexity index is 594. The molecule has 0 saturated heterocycles. The van der Waals surface area contributed by atoms with Gasteiger partial charge in [0.1, 0.15) is 10.7 Å². The molecule has 1 amide bonds. The summed E-state index contributed by atoms with van der Waals surface area (Å²) in [6.07, 6.45) is 0. The van der Waals surface area contributed by atoms with E-state index < -0.39 is 0 Å². The van der Waals surface area contributed by atoms with Crippen LogP contribution in [0.2, 0.25) is 0 Å². The number of aromatic nitrogens is 1. The number of benzene rings is 1. The van der Waals surface area contributed by atoms with Crippen LogP contribution in [0.15, 0.2) is 29.6 Å². The van der Waals surface area contributed by atoms with Crippen molar-refractivity contribution in [3.05, 3.63) is 45.9 Å². The van der Waals surface area contributed by atoms with Crippen LogP contribution in [0.1, 0.15) is 21.1 Å². The van der Waals surface area contributed by atoms with E-state index >= 15 is 0 Å². The second-order valence-corrected chi connectivity index (χ2v) is 5.67. The second-order valence-electron chi connectivity index (χ2n) is 4.72. The molecular weight excluding hydrogens is 272 g/mol. The lowest BCUT2D eigenvalue weighted by atomic mass is 10.2. The summed E-state index contributed by atoms with van der Waals surface area (Å²) in [4.78, 5) is 18.3. The van der Waals surface area contributed by atoms with E-state index in [1.807, 2.05) is 38.4 Å². The van der Waals surface area contributed by atoms with Gasteiger partial charge in [-0.2, -0.15) is 0 Å². The van der Waals surface area contributed by atoms with E-state index in [1.54, 1.807) is 5.38 Å². The van der Waals surface area contributed by atoms with Crippen molar-refractivity contribution in [2.24, 2.45) is 5.73 Å². The normalized spacial score (nSPS) is 10.8. The van der Waals surface area contributed by atoms with Crippen molar-refractivity contribution in [3.63, 3.8) is 0 Å². The minimum absolute atomic E-state index is 0.206. The summed E-state index contributed by atoms with van der Waals surface area (Å²) < 4.78 is 0. The summed E-state index contributed by atoms with van der Waals surface area (Å²) in [6.45, 7) is 1.19. The minimum atomic E-state index is -0.206. The first-order chi connectivity index (χ1) is 9.58. The lowest BCUT2D eigenvalue weighted by Gasteiger charge is -2.11. The first kappa shape index (κ1) is 14.6. The number of hydrogen-bond donors (Lipinski definition) is 2. The monoisotopic (exact) mass is 290 g/mol. The van der Waals surface area contributed by atoms with Gasteiger partial charge in [-0.3, -0.25) is 4.79 Å². The molecule has 1 aromatic heterocycles. The molecule has 0 spiro atoms. The summed E-state index contributed by atoms with van der Waals surface area (Å²) >= 11 is 1.40. The van der Waals surface area contributed by atoms with E-state index in [0.717, 1.165) is 22.8 Å². The van der Waals surface area contributed by atoms with Gasteiger partial charge in [0.25, 0.3) is 5.91 Å². The molecule has 0 fully saturated rings. The quantitative estimate of drug-likeness (QED) is 0.882. The highest BCUT2D eigenvalue weighted by Gasteiger charge is 2.10. The Morgan fingerprint density at radius 3 is 2.90 bits per heavy atom. The Hall–Kier alpha value is -1.76. The molecule has 1 aromatic carbocycles. The molecule has 2 rings (SSSR count). The SMILES string of the molecule is CN(C)Cc1cccc(NC(=O)c2csc(CN)n2)c1. The summed E-state index contributed by atoms with van der Waals surface area (Å²) in [5, 5.41) is 5.34. The van der Waals surface area contributed by atoms with Crippen molar-refractivity contribution in [1.82, 2.24) is 9.88 Å². The van der Waals surface area contributed by atoms with Crippen LogP contribution in [-0.2, 0) is 13.1 Å². The zero-order valence-electron chi connectivity index (χ0n) is 11.6. The number of carbonyl (C=O) groups excluding carboxylic acids is 1. The molecule has 0 bridgehead atoms. The number of rotatable bonds is 5. The predicted octanol–water partition coefficient (Wildman–Crippen LogP) is 1.92. The Morgan fingerprint density at radius 1 is 1.45 bits per heavy atom. The molecular formula is C14H18N4OS. The highest BCUT2D eigenvalue weighted by molar-refractivity contribution is 7.09. The standard InChI is InChI=1S/C14H18N4OS/c1-18(2)8-10-4-3-5-11(6-10)16-14(19)12-9-20-13(7-15)17-12/h3-6,9H,7-8,15H2,1-2H3,(H,16,19). The maximum atomic E-state index is 12.1. The van der Waals surface area contributed by atoms with Crippen molar-refractivity contribution < 1.29 is 4.79 Å². The number of nitrogens with zero attached hydrogens (tertiary/aromatic N) is 2. The van der Waals surface area contributed by atoms with Crippen molar-refractivity contribution in [2.45, 2.75) is 13.1 Å². The summed E-state index contributed by atoms with van der Waals surface area (Å²) in [5.74, 6) is -0.206. The fourth-order valence-electron chi connectivity index (χ4n) is 1.82. The first-order valence-corrected chi connectivity index (χ1v) is 7.16. The van der Waals surface area contributed by atoms with Gasteiger partial charge in [0, 0.05) is 24.2 Å². The van der Waals surface area contributed by atoms with E-state index in [4.69, 9.17) is 5.73 Å². The Balaban J connectivity index is 2.07. The zero-order chi connectivity index (χ0) is 14.5. The van der Waals surface area contributed by atoms with Gasteiger partial charge in [-0.05, 0) is 31.8 Å². The third-order valence-electron chi connectivity index (χ3n) is 2.64. The molecule has 1 heterocycles. The minimum Gasteiger partial charge on any atom is -0.325 e. The average molecular weight is 290 g/mol. The first-order valence-electron chi connectivity index (χ1n) is 6.28. The molecule has 6 heteroatoms. The Morgan fingerprint density at radius 2 is 2.25 bits per heavy atom. The molecule has 0 radical (unpaired) electrons. The van der Waals surface area contributed by atoms with Crippen LogP contribution < -0.4 is 11.1 Å². The number of nitrogens with two attached hydrogens (primary N) is 1. The summed E-state index contributed by atoms with van der Waals surface area (Å²) in [7, 11) is 4.02. The van der Waals surface area contributed by atoms with Crippen molar-refractivity contribution in [3.8, 4) is 0 Å². The zero-order valence-corrected chi connectivity index (χ0v) is 12.4. The number of thiazole rings is 1. The van der Waals surface area contributed by atoms with Gasteiger partial charge in [-0.15, -0.1) is 11.3 Å². The molecule has 0 aliphatic rings. The highest BCUT2D eigenvalue weighted by Crippen LogP contribution is 2.14. The van der Waals surface area contributed by atoms with Gasteiger partial charge in [0.2, 0.25) is 0 Å². The fourth-order valence-corrected chi connectivity index (χ4v) is 2.47. The van der Waals surface area contributed by atoms with Crippen LogP contribution in [0, 0.1) is 0 Å². The van der Waals surface area contributed by atoms with Crippen molar-refractivity contribution in [1.29, 1.82) is 0 Å². The number of anilines is 1. The lowest BCUT2D eigenvalue weighted by molar-refractivity contribution is 0.102. The fraction of sp³-hybridized carbons (Fsp3) is 0.286. The molecule has 106 valence electrons. The van der Waals surface area contributed by atoms with Crippen molar-refractivity contribution >= 4 is 22.9 Å². The van der Waals surface area contributed by atoms with Gasteiger partial charge < -0.3 is 16.0 Å². The molecule has 0 aliphatic heterocycles. The predicted molar refractivity (Wildman–Crippen MR) is 81.8 cm³/mol. The number of nitrogens with one attached hydrogen (secondary N) is 1. The maximum Gasteiger partial charge on any atom is 0.275 e. The molecule has 3 N–H and O–H groups in total. The second kappa shape index (κ2) is 6.60. The van der Waals surface area contributed by atoms with Gasteiger partial charge in [0.15, 0.2) is 0 Å². The third-order valence-corrected chi connectivity index (χ3v) is 3.51. The number of amides is 1. The number of carbonyl (C=O) groups is 1. The lowest BCUT2D eigenvalue weighted by Crippen LogP contribution is -2.14. The third kappa shape index (κ3) is 3.86. The van der Waals surface area contributed by atoms with Gasteiger partial charge in [0.05, 0.1) is 0 Å². The molecule has 5 nitrogen and oxygen atoms in total. The van der Waals surface area contributed by atoms with Crippen molar-refractivity contribution in [2.75, 3.05) is 19.4 Å². The van der Waals surface area contributed by atoms with Crippen LogP contribution in [0.25, 0.3) is 0 Å². The molecule has 0 atom stereocenters. The molecule has 0 unspecified atom stereocenters. The van der Waals surface area contributed by atoms with Crippen LogP contribution in [0.5, 0.6) is 0 Å². The van der Waals surface area contributed by atoms with Crippen LogP contribution in [0.3, 0.4) is 0 Å². The average Bonchev–Trinajstić information content (AvgIpc) is 2.87. The molecule has 20 heavy (non-hydrogen) atoms. The van der Waals surface area contributed by atoms with E-state index in [-0.39, 0.29) is 5.91 Å². The van der Waals surface area contributed by atoms with Crippen LogP contribution >= 0.6 is 11.3 Å². The van der Waals surface area contributed by atoms with E-state index in [2.05, 4.69) is 15.2 Å². The van der Waals surface area contributed by atoms with Gasteiger partial charge in [-0.1, -0.05) is 12.1 Å². The molecule has 0 saturated carbocycles. The Labute approximate surface area is 122 Å². The topological polar surface area (TPSA) is 71.2 Å². The van der Waals surface area contributed by atoms with E-state index in [1.165, 1.54) is 11.3 Å². The highest BCUT2D eigenvalue weighted by atomic mass is 32.1. The smallest absolute Gasteiger partial charge is 0.275 e. The van der Waals surface area contributed by atoms with Crippen LogP contribution in [0.4, 0.5) is 5.69 Å². The maximum absolute atomic E-state index is 12.1. The largest absolute Gasteiger partial charge is 0.325 e. The summed E-state index contributed by atoms with van der Waals surface area (Å²) in [5.41, 5.74) is 7.83. The van der Waals surface area contributed by atoms with Crippen LogP contribution in [-0.4, -0.2) is 29.9 Å². The Kier molecular flexibility index (Phi) is 4.84. The summed E-state index contributed by atoms with van der Waals surface area (Å²) in [6, 6.07) is 7.80. The van der Waals surface area contributed by atoms with Gasteiger partial charge in [-0.25, -0.2) is 4.98 Å². The number of hydrogen-bond acceptors (Lipinski definition) is 5. The van der Waals surface area contributed by atoms with E-state index in [0.29, 0.717) is 12.2 Å². The van der Waals surface area contributed by atoms with Gasteiger partial charge >= 0.3 is 0 Å². The molecule has 0 aliphatic carbocycles. The molecule has 2 aromatic rings.